The molecular weight excluding hydrogens is 330 g/mol. The SMILES string of the molecule is Brc1ccc(CN2CCN(c3nccs3)CC2)s1. The maximum Gasteiger partial charge on any atom is 0.185 e. The summed E-state index contributed by atoms with van der Waals surface area (Å²) in [6.07, 6.45) is 1.88. The van der Waals surface area contributed by atoms with Gasteiger partial charge in [-0.2, -0.15) is 0 Å². The lowest BCUT2D eigenvalue weighted by Crippen LogP contribution is -2.45. The van der Waals surface area contributed by atoms with Crippen molar-refractivity contribution in [3.05, 3.63) is 32.4 Å². The average molecular weight is 344 g/mol. The first-order valence-electron chi connectivity index (χ1n) is 5.92. The summed E-state index contributed by atoms with van der Waals surface area (Å²) in [6.45, 7) is 5.48. The fourth-order valence-corrected chi connectivity index (χ4v) is 4.35. The van der Waals surface area contributed by atoms with Gasteiger partial charge in [0.25, 0.3) is 0 Å². The summed E-state index contributed by atoms with van der Waals surface area (Å²) in [4.78, 5) is 10.7. The molecule has 0 aromatic carbocycles. The molecule has 0 amide bonds. The second-order valence-electron chi connectivity index (χ2n) is 4.28. The smallest absolute Gasteiger partial charge is 0.185 e. The molecule has 3 heterocycles. The molecule has 1 fully saturated rings. The lowest BCUT2D eigenvalue weighted by atomic mass is 10.3. The number of piperazine rings is 1. The Morgan fingerprint density at radius 2 is 2.06 bits per heavy atom. The maximum atomic E-state index is 4.37. The molecule has 0 spiro atoms. The van der Waals surface area contributed by atoms with Gasteiger partial charge in [0.2, 0.25) is 0 Å². The second kappa shape index (κ2) is 5.69. The fraction of sp³-hybridized carbons (Fsp3) is 0.417. The predicted octanol–water partition coefficient (Wildman–Crippen LogP) is 3.29. The van der Waals surface area contributed by atoms with Crippen LogP contribution in [0.4, 0.5) is 5.13 Å². The number of rotatable bonds is 3. The minimum Gasteiger partial charge on any atom is -0.346 e. The number of nitrogens with zero attached hydrogens (tertiary/aromatic N) is 3. The lowest BCUT2D eigenvalue weighted by Gasteiger charge is -2.34. The first-order chi connectivity index (χ1) is 8.81. The molecule has 0 N–H and O–H groups in total. The molecule has 0 radical (unpaired) electrons. The van der Waals surface area contributed by atoms with E-state index in [0.717, 1.165) is 37.9 Å². The standard InChI is InChI=1S/C12H14BrN3S2/c13-11-2-1-10(18-11)9-15-4-6-16(7-5-15)12-14-3-8-17-12/h1-3,8H,4-7,9H2. The normalized spacial score (nSPS) is 17.3. The highest BCUT2D eigenvalue weighted by Gasteiger charge is 2.18. The Morgan fingerprint density at radius 3 is 2.67 bits per heavy atom. The van der Waals surface area contributed by atoms with Gasteiger partial charge >= 0.3 is 0 Å². The third-order valence-corrected chi connectivity index (χ3v) is 5.51. The van der Waals surface area contributed by atoms with Crippen molar-refractivity contribution in [3.8, 4) is 0 Å². The summed E-state index contributed by atoms with van der Waals surface area (Å²) < 4.78 is 1.22. The van der Waals surface area contributed by atoms with Crippen molar-refractivity contribution < 1.29 is 0 Å². The van der Waals surface area contributed by atoms with Gasteiger partial charge in [0.1, 0.15) is 0 Å². The highest BCUT2D eigenvalue weighted by Crippen LogP contribution is 2.24. The van der Waals surface area contributed by atoms with Crippen molar-refractivity contribution in [2.45, 2.75) is 6.54 Å². The average Bonchev–Trinajstić information content (AvgIpc) is 3.02. The van der Waals surface area contributed by atoms with Crippen LogP contribution in [-0.2, 0) is 6.54 Å². The molecule has 0 bridgehead atoms. The highest BCUT2D eigenvalue weighted by molar-refractivity contribution is 9.11. The van der Waals surface area contributed by atoms with Crippen molar-refractivity contribution in [3.63, 3.8) is 0 Å². The molecule has 2 aromatic rings. The van der Waals surface area contributed by atoms with Gasteiger partial charge in [-0.25, -0.2) is 4.98 Å². The van der Waals surface area contributed by atoms with Crippen LogP contribution in [0.25, 0.3) is 0 Å². The largest absolute Gasteiger partial charge is 0.346 e. The van der Waals surface area contributed by atoms with Crippen LogP contribution >= 0.6 is 38.6 Å². The zero-order chi connectivity index (χ0) is 12.4. The van der Waals surface area contributed by atoms with E-state index in [1.54, 1.807) is 11.3 Å². The Bertz CT molecular complexity index is 489. The number of anilines is 1. The van der Waals surface area contributed by atoms with Gasteiger partial charge in [0.05, 0.1) is 3.79 Å². The number of thiazole rings is 1. The van der Waals surface area contributed by atoms with Crippen molar-refractivity contribution in [1.29, 1.82) is 0 Å². The fourth-order valence-electron chi connectivity index (χ4n) is 2.13. The Balaban J connectivity index is 1.54. The summed E-state index contributed by atoms with van der Waals surface area (Å²) in [5, 5.41) is 3.21. The zero-order valence-electron chi connectivity index (χ0n) is 9.88. The molecule has 3 rings (SSSR count). The van der Waals surface area contributed by atoms with E-state index < -0.39 is 0 Å². The first-order valence-corrected chi connectivity index (χ1v) is 8.41. The molecule has 0 saturated carbocycles. The van der Waals surface area contributed by atoms with E-state index in [9.17, 15) is 0 Å². The van der Waals surface area contributed by atoms with Crippen molar-refractivity contribution >= 4 is 43.7 Å². The van der Waals surface area contributed by atoms with E-state index in [-0.39, 0.29) is 0 Å². The topological polar surface area (TPSA) is 19.4 Å². The molecule has 1 saturated heterocycles. The van der Waals surface area contributed by atoms with Crippen molar-refractivity contribution in [2.24, 2.45) is 0 Å². The minimum atomic E-state index is 1.07. The molecule has 2 aromatic heterocycles. The van der Waals surface area contributed by atoms with Crippen LogP contribution in [0, 0.1) is 0 Å². The van der Waals surface area contributed by atoms with Gasteiger partial charge < -0.3 is 4.90 Å². The molecule has 1 aliphatic heterocycles. The Labute approximate surface area is 123 Å². The third kappa shape index (κ3) is 2.93. The number of aromatic nitrogens is 1. The van der Waals surface area contributed by atoms with Gasteiger partial charge in [-0.3, -0.25) is 4.90 Å². The molecule has 1 aliphatic rings. The van der Waals surface area contributed by atoms with Gasteiger partial charge in [-0.1, -0.05) is 0 Å². The molecule has 96 valence electrons. The first kappa shape index (κ1) is 12.6. The van der Waals surface area contributed by atoms with Crippen LogP contribution in [0.5, 0.6) is 0 Å². The van der Waals surface area contributed by atoms with E-state index >= 15 is 0 Å². The van der Waals surface area contributed by atoms with Crippen molar-refractivity contribution in [2.75, 3.05) is 31.1 Å². The lowest BCUT2D eigenvalue weighted by molar-refractivity contribution is 0.252. The van der Waals surface area contributed by atoms with Gasteiger partial charge in [0, 0.05) is 49.2 Å². The predicted molar refractivity (Wildman–Crippen MR) is 81.6 cm³/mol. The van der Waals surface area contributed by atoms with E-state index in [4.69, 9.17) is 0 Å². The summed E-state index contributed by atoms with van der Waals surface area (Å²) in [5.74, 6) is 0. The van der Waals surface area contributed by atoms with E-state index in [1.807, 2.05) is 22.9 Å². The Hall–Kier alpha value is -0.430. The summed E-state index contributed by atoms with van der Waals surface area (Å²) in [5.41, 5.74) is 0. The number of halogens is 1. The van der Waals surface area contributed by atoms with E-state index in [1.165, 1.54) is 8.66 Å². The summed E-state index contributed by atoms with van der Waals surface area (Å²) >= 11 is 7.08. The Morgan fingerprint density at radius 1 is 1.22 bits per heavy atom. The van der Waals surface area contributed by atoms with Crippen LogP contribution in [0.2, 0.25) is 0 Å². The van der Waals surface area contributed by atoms with Gasteiger partial charge in [0.15, 0.2) is 5.13 Å². The molecule has 0 aliphatic carbocycles. The molecule has 6 heteroatoms. The summed E-state index contributed by atoms with van der Waals surface area (Å²) in [7, 11) is 0. The maximum absolute atomic E-state index is 4.37. The Kier molecular flexibility index (Phi) is 3.98. The van der Waals surface area contributed by atoms with E-state index in [0.29, 0.717) is 0 Å². The quantitative estimate of drug-likeness (QED) is 0.852. The third-order valence-electron chi connectivity index (χ3n) is 3.07. The second-order valence-corrected chi connectivity index (χ2v) is 7.70. The van der Waals surface area contributed by atoms with E-state index in [2.05, 4.69) is 42.8 Å². The van der Waals surface area contributed by atoms with Crippen LogP contribution in [0.3, 0.4) is 0 Å². The molecule has 0 unspecified atom stereocenters. The molecule has 3 nitrogen and oxygen atoms in total. The van der Waals surface area contributed by atoms with Crippen molar-refractivity contribution in [1.82, 2.24) is 9.88 Å². The summed E-state index contributed by atoms with van der Waals surface area (Å²) in [6, 6.07) is 4.34. The molecule has 18 heavy (non-hydrogen) atoms. The highest BCUT2D eigenvalue weighted by atomic mass is 79.9. The molecule has 0 atom stereocenters. The number of thiophene rings is 1. The zero-order valence-corrected chi connectivity index (χ0v) is 13.1. The van der Waals surface area contributed by atoms with Crippen LogP contribution < -0.4 is 4.90 Å². The van der Waals surface area contributed by atoms with Gasteiger partial charge in [-0.15, -0.1) is 22.7 Å². The number of hydrogen-bond donors (Lipinski definition) is 0. The van der Waals surface area contributed by atoms with Crippen LogP contribution in [0.1, 0.15) is 4.88 Å². The molecular formula is C12H14BrN3S2. The number of hydrogen-bond acceptors (Lipinski definition) is 5. The minimum absolute atomic E-state index is 1.07. The van der Waals surface area contributed by atoms with Crippen LogP contribution in [-0.4, -0.2) is 36.1 Å². The monoisotopic (exact) mass is 343 g/mol. The van der Waals surface area contributed by atoms with Gasteiger partial charge in [-0.05, 0) is 28.1 Å². The van der Waals surface area contributed by atoms with Crippen LogP contribution in [0.15, 0.2) is 27.5 Å².